The molecule has 21 heavy (non-hydrogen) atoms. The number of ether oxygens (including phenoxy) is 1. The summed E-state index contributed by atoms with van der Waals surface area (Å²) in [6, 6.07) is 1.55. The molecule has 1 unspecified atom stereocenters. The van der Waals surface area contributed by atoms with Crippen LogP contribution in [0.25, 0.3) is 0 Å². The standard InChI is InChI=1S/C14H15ClF2N2O2/c15-8-5-9(16)12(17)10(6-8)18-13(20)19-11-7-14(11)1-3-21-4-2-14/h5-6,11H,1-4,7H2,(H2,18,19,20). The Hall–Kier alpha value is -1.40. The van der Waals surface area contributed by atoms with Crippen molar-refractivity contribution in [3.8, 4) is 0 Å². The number of hydrogen-bond acceptors (Lipinski definition) is 2. The zero-order valence-electron chi connectivity index (χ0n) is 11.2. The van der Waals surface area contributed by atoms with Crippen molar-refractivity contribution in [2.45, 2.75) is 25.3 Å². The number of halogens is 3. The molecular weight excluding hydrogens is 302 g/mol. The van der Waals surface area contributed by atoms with Crippen molar-refractivity contribution in [2.75, 3.05) is 18.5 Å². The minimum atomic E-state index is -1.12. The summed E-state index contributed by atoms with van der Waals surface area (Å²) in [5.74, 6) is -2.21. The first kappa shape index (κ1) is 14.5. The fourth-order valence-corrected chi connectivity index (χ4v) is 3.05. The van der Waals surface area contributed by atoms with E-state index in [4.69, 9.17) is 16.3 Å². The number of benzene rings is 1. The summed E-state index contributed by atoms with van der Waals surface area (Å²) in [7, 11) is 0. The zero-order chi connectivity index (χ0) is 15.0. The Labute approximate surface area is 125 Å². The van der Waals surface area contributed by atoms with E-state index in [-0.39, 0.29) is 22.2 Å². The van der Waals surface area contributed by atoms with Gasteiger partial charge in [0.2, 0.25) is 0 Å². The molecule has 1 saturated carbocycles. The second-order valence-electron chi connectivity index (χ2n) is 5.58. The molecule has 0 radical (unpaired) electrons. The van der Waals surface area contributed by atoms with Crippen molar-refractivity contribution < 1.29 is 18.3 Å². The molecule has 2 aliphatic rings. The van der Waals surface area contributed by atoms with E-state index in [1.165, 1.54) is 6.07 Å². The largest absolute Gasteiger partial charge is 0.381 e. The third kappa shape index (κ3) is 2.96. The average Bonchev–Trinajstić information content (AvgIpc) is 3.07. The highest BCUT2D eigenvalue weighted by atomic mass is 35.5. The number of rotatable bonds is 2. The minimum Gasteiger partial charge on any atom is -0.381 e. The quantitative estimate of drug-likeness (QED) is 0.822. The highest BCUT2D eigenvalue weighted by Gasteiger charge is 2.55. The van der Waals surface area contributed by atoms with Crippen LogP contribution in [0.15, 0.2) is 12.1 Å². The molecule has 2 amide bonds. The zero-order valence-corrected chi connectivity index (χ0v) is 12.0. The average molecular weight is 317 g/mol. The van der Waals surface area contributed by atoms with Gasteiger partial charge in [-0.1, -0.05) is 11.6 Å². The maximum atomic E-state index is 13.6. The first-order valence-corrected chi connectivity index (χ1v) is 7.18. The Bertz CT molecular complexity index is 576. The lowest BCUT2D eigenvalue weighted by molar-refractivity contribution is 0.0548. The van der Waals surface area contributed by atoms with Gasteiger partial charge in [0.15, 0.2) is 11.6 Å². The Morgan fingerprint density at radius 2 is 2.05 bits per heavy atom. The molecule has 1 saturated heterocycles. The van der Waals surface area contributed by atoms with E-state index >= 15 is 0 Å². The van der Waals surface area contributed by atoms with Gasteiger partial charge in [-0.25, -0.2) is 13.6 Å². The van der Waals surface area contributed by atoms with Crippen LogP contribution in [0.5, 0.6) is 0 Å². The lowest BCUT2D eigenvalue weighted by atomic mass is 9.96. The van der Waals surface area contributed by atoms with Gasteiger partial charge in [0.1, 0.15) is 0 Å². The van der Waals surface area contributed by atoms with E-state index in [1.54, 1.807) is 0 Å². The fraction of sp³-hybridized carbons (Fsp3) is 0.500. The highest BCUT2D eigenvalue weighted by Crippen LogP contribution is 2.53. The number of amides is 2. The highest BCUT2D eigenvalue weighted by molar-refractivity contribution is 6.30. The molecule has 3 rings (SSSR count). The first-order valence-electron chi connectivity index (χ1n) is 6.80. The van der Waals surface area contributed by atoms with Gasteiger partial charge < -0.3 is 15.4 Å². The molecule has 0 aromatic heterocycles. The molecule has 1 aliphatic carbocycles. The number of urea groups is 1. The van der Waals surface area contributed by atoms with Gasteiger partial charge in [0.05, 0.1) is 5.69 Å². The van der Waals surface area contributed by atoms with E-state index in [2.05, 4.69) is 10.6 Å². The van der Waals surface area contributed by atoms with Crippen LogP contribution < -0.4 is 10.6 Å². The summed E-state index contributed by atoms with van der Waals surface area (Å²) in [5.41, 5.74) is -0.146. The molecule has 2 fully saturated rings. The lowest BCUT2D eigenvalue weighted by Gasteiger charge is -2.23. The molecule has 1 spiro atoms. The Morgan fingerprint density at radius 1 is 1.33 bits per heavy atom. The summed E-state index contributed by atoms with van der Waals surface area (Å²) in [6.45, 7) is 1.40. The molecule has 114 valence electrons. The Balaban J connectivity index is 1.60. The van der Waals surface area contributed by atoms with Crippen LogP contribution in [0.4, 0.5) is 19.3 Å². The molecule has 1 aliphatic heterocycles. The predicted molar refractivity (Wildman–Crippen MR) is 74.4 cm³/mol. The van der Waals surface area contributed by atoms with Crippen LogP contribution in [0.1, 0.15) is 19.3 Å². The molecule has 1 aromatic rings. The molecule has 1 aromatic carbocycles. The Kier molecular flexibility index (Phi) is 3.75. The third-order valence-corrected chi connectivity index (χ3v) is 4.44. The third-order valence-electron chi connectivity index (χ3n) is 4.22. The fourth-order valence-electron chi connectivity index (χ4n) is 2.85. The van der Waals surface area contributed by atoms with Crippen LogP contribution in [0.2, 0.25) is 5.02 Å². The molecule has 1 atom stereocenters. The van der Waals surface area contributed by atoms with Crippen molar-refractivity contribution in [1.82, 2.24) is 5.32 Å². The smallest absolute Gasteiger partial charge is 0.319 e. The minimum absolute atomic E-state index is 0.0246. The number of hydrogen-bond donors (Lipinski definition) is 2. The van der Waals surface area contributed by atoms with Gasteiger partial charge in [-0.05, 0) is 36.8 Å². The summed E-state index contributed by atoms with van der Waals surface area (Å²) in [5, 5.41) is 5.12. The summed E-state index contributed by atoms with van der Waals surface area (Å²) in [6.07, 6.45) is 2.73. The van der Waals surface area contributed by atoms with Gasteiger partial charge in [0.25, 0.3) is 0 Å². The van der Waals surface area contributed by atoms with Crippen LogP contribution in [-0.4, -0.2) is 25.3 Å². The molecular formula is C14H15ClF2N2O2. The number of carbonyl (C=O) groups is 1. The summed E-state index contributed by atoms with van der Waals surface area (Å²) in [4.78, 5) is 11.9. The maximum absolute atomic E-state index is 13.6. The SMILES string of the molecule is O=C(Nc1cc(Cl)cc(F)c1F)NC1CC12CCOCC2. The van der Waals surface area contributed by atoms with Crippen LogP contribution in [0, 0.1) is 17.0 Å². The van der Waals surface area contributed by atoms with Gasteiger partial charge in [-0.15, -0.1) is 0 Å². The first-order chi connectivity index (χ1) is 10.00. The Morgan fingerprint density at radius 3 is 2.76 bits per heavy atom. The van der Waals surface area contributed by atoms with E-state index in [1.807, 2.05) is 0 Å². The van der Waals surface area contributed by atoms with E-state index in [0.717, 1.165) is 25.3 Å². The molecule has 0 bridgehead atoms. The number of carbonyl (C=O) groups excluding carboxylic acids is 1. The number of nitrogens with one attached hydrogen (secondary N) is 2. The van der Waals surface area contributed by atoms with Crippen molar-refractivity contribution in [2.24, 2.45) is 5.41 Å². The molecule has 7 heteroatoms. The van der Waals surface area contributed by atoms with Crippen molar-refractivity contribution >= 4 is 23.3 Å². The van der Waals surface area contributed by atoms with Crippen LogP contribution in [-0.2, 0) is 4.74 Å². The summed E-state index contributed by atoms with van der Waals surface area (Å²) < 4.78 is 32.1. The maximum Gasteiger partial charge on any atom is 0.319 e. The normalized spacial score (nSPS) is 22.9. The van der Waals surface area contributed by atoms with Crippen molar-refractivity contribution in [3.05, 3.63) is 28.8 Å². The lowest BCUT2D eigenvalue weighted by Crippen LogP contribution is -2.35. The van der Waals surface area contributed by atoms with Crippen LogP contribution in [0.3, 0.4) is 0 Å². The van der Waals surface area contributed by atoms with Gasteiger partial charge in [0, 0.05) is 24.3 Å². The summed E-state index contributed by atoms with van der Waals surface area (Å²) >= 11 is 5.65. The van der Waals surface area contributed by atoms with Gasteiger partial charge in [-0.3, -0.25) is 0 Å². The van der Waals surface area contributed by atoms with Gasteiger partial charge >= 0.3 is 6.03 Å². The van der Waals surface area contributed by atoms with E-state index in [9.17, 15) is 13.6 Å². The number of anilines is 1. The van der Waals surface area contributed by atoms with Crippen molar-refractivity contribution in [3.63, 3.8) is 0 Å². The predicted octanol–water partition coefficient (Wildman–Crippen LogP) is 3.31. The van der Waals surface area contributed by atoms with E-state index in [0.29, 0.717) is 13.2 Å². The monoisotopic (exact) mass is 316 g/mol. The van der Waals surface area contributed by atoms with Gasteiger partial charge in [-0.2, -0.15) is 0 Å². The van der Waals surface area contributed by atoms with E-state index < -0.39 is 17.7 Å². The topological polar surface area (TPSA) is 50.4 Å². The molecule has 4 nitrogen and oxygen atoms in total. The molecule has 2 N–H and O–H groups in total. The second-order valence-corrected chi connectivity index (χ2v) is 6.02. The molecule has 1 heterocycles. The second kappa shape index (κ2) is 5.42. The van der Waals surface area contributed by atoms with Crippen LogP contribution >= 0.6 is 11.6 Å². The van der Waals surface area contributed by atoms with Crippen molar-refractivity contribution in [1.29, 1.82) is 0 Å².